The molecule has 1 atom stereocenters. The Kier molecular flexibility index (Phi) is 2.98. The van der Waals surface area contributed by atoms with E-state index in [2.05, 4.69) is 0 Å². The first kappa shape index (κ1) is 10.1. The Balaban J connectivity index is 2.97. The van der Waals surface area contributed by atoms with Gasteiger partial charge in [0.05, 0.1) is 6.04 Å². The van der Waals surface area contributed by atoms with Gasteiger partial charge in [0.15, 0.2) is 0 Å². The topological polar surface area (TPSA) is 26.0 Å². The molecule has 1 rings (SSSR count). The van der Waals surface area contributed by atoms with Crippen molar-refractivity contribution in [3.05, 3.63) is 34.9 Å². The Morgan fingerprint density at radius 3 is 2.23 bits per heavy atom. The average molecular weight is 185 g/mol. The molecule has 0 saturated carbocycles. The van der Waals surface area contributed by atoms with Crippen LogP contribution in [0.25, 0.3) is 0 Å². The van der Waals surface area contributed by atoms with E-state index in [1.165, 1.54) is 0 Å². The zero-order chi connectivity index (χ0) is 10.0. The Bertz CT molecular complexity index is 297. The molecule has 0 aliphatic carbocycles. The second-order valence-electron chi connectivity index (χ2n) is 3.20. The van der Waals surface area contributed by atoms with E-state index >= 15 is 0 Å². The number of hydrogen-bond acceptors (Lipinski definition) is 1. The lowest BCUT2D eigenvalue weighted by Crippen LogP contribution is -2.18. The lowest BCUT2D eigenvalue weighted by atomic mass is 10.0. The second-order valence-corrected chi connectivity index (χ2v) is 3.20. The number of alkyl halides is 2. The molecule has 2 N–H and O–H groups in total. The predicted molar refractivity (Wildman–Crippen MR) is 48.8 cm³/mol. The summed E-state index contributed by atoms with van der Waals surface area (Å²) in [5, 5.41) is 0. The highest BCUT2D eigenvalue weighted by molar-refractivity contribution is 5.31. The molecule has 1 aromatic carbocycles. The summed E-state index contributed by atoms with van der Waals surface area (Å²) in [6, 6.07) is 4.01. The minimum absolute atomic E-state index is 0.498. The third-order valence-corrected chi connectivity index (χ3v) is 2.19. The molecule has 0 aliphatic rings. The van der Waals surface area contributed by atoms with Gasteiger partial charge < -0.3 is 5.73 Å². The normalized spacial score (nSPS) is 13.4. The Morgan fingerprint density at radius 1 is 1.15 bits per heavy atom. The van der Waals surface area contributed by atoms with Crippen LogP contribution < -0.4 is 5.73 Å². The summed E-state index contributed by atoms with van der Waals surface area (Å²) in [7, 11) is 0. The highest BCUT2D eigenvalue weighted by atomic mass is 19.3. The molecule has 0 aliphatic heterocycles. The fourth-order valence-corrected chi connectivity index (χ4v) is 1.12. The van der Waals surface area contributed by atoms with Gasteiger partial charge in [-0.2, -0.15) is 0 Å². The van der Waals surface area contributed by atoms with E-state index in [1.54, 1.807) is 12.1 Å². The fraction of sp³-hybridized carbons (Fsp3) is 0.400. The zero-order valence-electron chi connectivity index (χ0n) is 7.72. The monoisotopic (exact) mass is 185 g/mol. The molecule has 0 bridgehead atoms. The van der Waals surface area contributed by atoms with E-state index in [1.807, 2.05) is 19.9 Å². The molecule has 13 heavy (non-hydrogen) atoms. The van der Waals surface area contributed by atoms with Gasteiger partial charge in [-0.25, -0.2) is 8.78 Å². The van der Waals surface area contributed by atoms with E-state index in [9.17, 15) is 8.78 Å². The van der Waals surface area contributed by atoms with Crippen LogP contribution in [-0.2, 0) is 0 Å². The number of benzene rings is 1. The molecule has 1 nitrogen and oxygen atoms in total. The Morgan fingerprint density at radius 2 is 1.77 bits per heavy atom. The van der Waals surface area contributed by atoms with Crippen LogP contribution in [0.1, 0.15) is 22.7 Å². The highest BCUT2D eigenvalue weighted by Crippen LogP contribution is 2.20. The quantitative estimate of drug-likeness (QED) is 0.752. The lowest BCUT2D eigenvalue weighted by Gasteiger charge is -2.12. The van der Waals surface area contributed by atoms with Gasteiger partial charge in [-0.05, 0) is 30.5 Å². The number of nitrogens with two attached hydrogens (primary N) is 1. The molecule has 1 unspecified atom stereocenters. The molecule has 0 fully saturated rings. The molecular formula is C10H13F2N. The summed E-state index contributed by atoms with van der Waals surface area (Å²) in [4.78, 5) is 0. The van der Waals surface area contributed by atoms with Gasteiger partial charge in [0.1, 0.15) is 0 Å². The summed E-state index contributed by atoms with van der Waals surface area (Å²) in [5.74, 6) is 0. The highest BCUT2D eigenvalue weighted by Gasteiger charge is 2.17. The first-order valence-electron chi connectivity index (χ1n) is 4.13. The van der Waals surface area contributed by atoms with Gasteiger partial charge in [0.25, 0.3) is 6.43 Å². The number of hydrogen-bond donors (Lipinski definition) is 1. The zero-order valence-corrected chi connectivity index (χ0v) is 7.72. The predicted octanol–water partition coefficient (Wildman–Crippen LogP) is 2.57. The molecule has 1 aromatic rings. The molecule has 0 amide bonds. The average Bonchev–Trinajstić information content (AvgIpc) is 2.08. The largest absolute Gasteiger partial charge is 0.319 e. The van der Waals surface area contributed by atoms with Gasteiger partial charge >= 0.3 is 0 Å². The van der Waals surface area contributed by atoms with Crippen LogP contribution >= 0.6 is 0 Å². The van der Waals surface area contributed by atoms with Crippen molar-refractivity contribution in [2.24, 2.45) is 5.73 Å². The maximum Gasteiger partial charge on any atom is 0.257 e. The fourth-order valence-electron chi connectivity index (χ4n) is 1.12. The second kappa shape index (κ2) is 3.83. The first-order chi connectivity index (χ1) is 6.02. The first-order valence-corrected chi connectivity index (χ1v) is 4.13. The molecule has 0 radical (unpaired) electrons. The Labute approximate surface area is 76.6 Å². The van der Waals surface area contributed by atoms with Gasteiger partial charge in [-0.15, -0.1) is 0 Å². The minimum Gasteiger partial charge on any atom is -0.319 e. The summed E-state index contributed by atoms with van der Waals surface area (Å²) in [6.07, 6.45) is -2.50. The number of rotatable bonds is 2. The molecule has 0 saturated heterocycles. The lowest BCUT2D eigenvalue weighted by molar-refractivity contribution is 0.116. The van der Waals surface area contributed by atoms with Crippen LogP contribution in [-0.4, -0.2) is 6.43 Å². The Hall–Kier alpha value is -0.960. The summed E-state index contributed by atoms with van der Waals surface area (Å²) in [5.41, 5.74) is 7.89. The van der Waals surface area contributed by atoms with Crippen molar-refractivity contribution < 1.29 is 8.78 Å². The van der Waals surface area contributed by atoms with Crippen LogP contribution in [0.3, 0.4) is 0 Å². The maximum atomic E-state index is 12.2. The smallest absolute Gasteiger partial charge is 0.257 e. The molecule has 0 spiro atoms. The molecule has 0 aromatic heterocycles. The van der Waals surface area contributed by atoms with Crippen molar-refractivity contribution in [3.63, 3.8) is 0 Å². The van der Waals surface area contributed by atoms with E-state index in [0.717, 1.165) is 11.1 Å². The van der Waals surface area contributed by atoms with Crippen molar-refractivity contribution >= 4 is 0 Å². The van der Waals surface area contributed by atoms with E-state index < -0.39 is 12.5 Å². The molecular weight excluding hydrogens is 172 g/mol. The van der Waals surface area contributed by atoms with E-state index in [-0.39, 0.29) is 0 Å². The van der Waals surface area contributed by atoms with Crippen LogP contribution in [0.5, 0.6) is 0 Å². The SMILES string of the molecule is Cc1ccc(C(N)C(F)F)cc1C. The number of aryl methyl sites for hydroxylation is 2. The summed E-state index contributed by atoms with van der Waals surface area (Å²) < 4.78 is 24.4. The molecule has 72 valence electrons. The van der Waals surface area contributed by atoms with Crippen LogP contribution in [0, 0.1) is 13.8 Å². The third kappa shape index (κ3) is 2.25. The molecule has 0 heterocycles. The van der Waals surface area contributed by atoms with E-state index in [0.29, 0.717) is 5.56 Å². The van der Waals surface area contributed by atoms with Crippen molar-refractivity contribution in [1.82, 2.24) is 0 Å². The third-order valence-electron chi connectivity index (χ3n) is 2.19. The van der Waals surface area contributed by atoms with Gasteiger partial charge in [-0.3, -0.25) is 0 Å². The van der Waals surface area contributed by atoms with Gasteiger partial charge in [0, 0.05) is 0 Å². The summed E-state index contributed by atoms with van der Waals surface area (Å²) >= 11 is 0. The standard InChI is InChI=1S/C10H13F2N/c1-6-3-4-8(5-7(6)2)9(13)10(11)12/h3-5,9-10H,13H2,1-2H3. The van der Waals surface area contributed by atoms with Gasteiger partial charge in [0.2, 0.25) is 0 Å². The minimum atomic E-state index is -2.50. The van der Waals surface area contributed by atoms with E-state index in [4.69, 9.17) is 5.73 Å². The van der Waals surface area contributed by atoms with Crippen molar-refractivity contribution in [2.75, 3.05) is 0 Å². The number of halogens is 2. The van der Waals surface area contributed by atoms with Crippen LogP contribution in [0.2, 0.25) is 0 Å². The molecule has 3 heteroatoms. The van der Waals surface area contributed by atoms with Crippen LogP contribution in [0.15, 0.2) is 18.2 Å². The van der Waals surface area contributed by atoms with Crippen LogP contribution in [0.4, 0.5) is 8.78 Å². The van der Waals surface area contributed by atoms with Crippen molar-refractivity contribution in [3.8, 4) is 0 Å². The maximum absolute atomic E-state index is 12.2. The van der Waals surface area contributed by atoms with Crippen molar-refractivity contribution in [1.29, 1.82) is 0 Å². The van der Waals surface area contributed by atoms with Gasteiger partial charge in [-0.1, -0.05) is 18.2 Å². The van der Waals surface area contributed by atoms with Crippen molar-refractivity contribution in [2.45, 2.75) is 26.3 Å². The summed E-state index contributed by atoms with van der Waals surface area (Å²) in [6.45, 7) is 3.82.